The first-order valence-electron chi connectivity index (χ1n) is 6.97. The predicted molar refractivity (Wildman–Crippen MR) is 85.2 cm³/mol. The number of pyridine rings is 1. The van der Waals surface area contributed by atoms with Crippen LogP contribution in [0, 0.1) is 13.8 Å². The molecule has 0 aliphatic rings. The van der Waals surface area contributed by atoms with Crippen LogP contribution in [0.1, 0.15) is 16.7 Å². The largest absolute Gasteiger partial charge is 0.507 e. The van der Waals surface area contributed by atoms with Crippen molar-refractivity contribution in [1.82, 2.24) is 4.98 Å². The number of nitrogens with zero attached hydrogens (tertiary/aromatic N) is 1. The molecule has 3 rings (SSSR count). The molecule has 0 aliphatic heterocycles. The molecule has 5 nitrogen and oxygen atoms in total. The fourth-order valence-electron chi connectivity index (χ4n) is 2.44. The van der Waals surface area contributed by atoms with Crippen LogP contribution in [0.15, 0.2) is 45.7 Å². The average Bonchev–Trinajstić information content (AvgIpc) is 2.47. The number of aryl methyl sites for hydroxylation is 2. The molecule has 1 aromatic carbocycles. The van der Waals surface area contributed by atoms with E-state index in [1.165, 1.54) is 6.07 Å². The number of benzene rings is 1. The Labute approximate surface area is 127 Å². The molecule has 0 atom stereocenters. The summed E-state index contributed by atoms with van der Waals surface area (Å²) in [6.07, 6.45) is 1.70. The fourth-order valence-corrected chi connectivity index (χ4v) is 2.44. The van der Waals surface area contributed by atoms with Crippen molar-refractivity contribution in [2.45, 2.75) is 20.4 Å². The fraction of sp³-hybridized carbons (Fsp3) is 0.176. The number of phenols is 1. The van der Waals surface area contributed by atoms with Gasteiger partial charge in [0.05, 0.1) is 5.56 Å². The zero-order valence-corrected chi connectivity index (χ0v) is 12.4. The van der Waals surface area contributed by atoms with Gasteiger partial charge in [-0.3, -0.25) is 0 Å². The van der Waals surface area contributed by atoms with E-state index < -0.39 is 5.63 Å². The number of fused-ring (bicyclic) bond motifs is 1. The molecular weight excluding hydrogens is 280 g/mol. The summed E-state index contributed by atoms with van der Waals surface area (Å²) >= 11 is 0. The second-order valence-electron chi connectivity index (χ2n) is 5.21. The highest BCUT2D eigenvalue weighted by molar-refractivity contribution is 5.85. The van der Waals surface area contributed by atoms with E-state index in [9.17, 15) is 9.90 Å². The molecule has 0 radical (unpaired) electrons. The summed E-state index contributed by atoms with van der Waals surface area (Å²) in [5, 5.41) is 14.1. The zero-order chi connectivity index (χ0) is 15.7. The molecule has 3 aromatic rings. The van der Waals surface area contributed by atoms with Gasteiger partial charge in [-0.15, -0.1) is 0 Å². The third-order valence-corrected chi connectivity index (χ3v) is 3.64. The van der Waals surface area contributed by atoms with Crippen molar-refractivity contribution in [2.75, 3.05) is 5.32 Å². The Morgan fingerprint density at radius 2 is 2.05 bits per heavy atom. The van der Waals surface area contributed by atoms with Gasteiger partial charge in [0.1, 0.15) is 17.2 Å². The molecule has 2 N–H and O–H groups in total. The molecule has 0 fully saturated rings. The third-order valence-electron chi connectivity index (χ3n) is 3.64. The maximum Gasteiger partial charge on any atom is 0.336 e. The van der Waals surface area contributed by atoms with Gasteiger partial charge in [0.15, 0.2) is 0 Å². The van der Waals surface area contributed by atoms with Crippen LogP contribution in [0.5, 0.6) is 5.75 Å². The molecule has 0 bridgehead atoms. The van der Waals surface area contributed by atoms with Gasteiger partial charge in [-0.25, -0.2) is 9.78 Å². The average molecular weight is 296 g/mol. The topological polar surface area (TPSA) is 75.4 Å². The Balaban J connectivity index is 2.05. The van der Waals surface area contributed by atoms with Gasteiger partial charge < -0.3 is 14.8 Å². The second kappa shape index (κ2) is 5.52. The quantitative estimate of drug-likeness (QED) is 0.726. The number of aromatic hydroxyl groups is 1. The molecule has 5 heteroatoms. The van der Waals surface area contributed by atoms with Crippen LogP contribution in [-0.2, 0) is 6.54 Å². The van der Waals surface area contributed by atoms with Crippen molar-refractivity contribution < 1.29 is 9.52 Å². The lowest BCUT2D eigenvalue weighted by Crippen LogP contribution is -2.06. The number of phenolic OH excluding ortho intramolecular Hbond substituents is 1. The highest BCUT2D eigenvalue weighted by Crippen LogP contribution is 2.28. The van der Waals surface area contributed by atoms with Crippen LogP contribution in [-0.4, -0.2) is 10.1 Å². The Hall–Kier alpha value is -2.82. The van der Waals surface area contributed by atoms with Gasteiger partial charge in [0, 0.05) is 24.2 Å². The van der Waals surface area contributed by atoms with Gasteiger partial charge in [-0.05, 0) is 43.2 Å². The lowest BCUT2D eigenvalue weighted by atomic mass is 10.1. The maximum atomic E-state index is 11.6. The zero-order valence-electron chi connectivity index (χ0n) is 12.4. The Morgan fingerprint density at radius 3 is 2.82 bits per heavy atom. The van der Waals surface area contributed by atoms with Crippen LogP contribution in [0.2, 0.25) is 0 Å². The van der Waals surface area contributed by atoms with Crippen LogP contribution < -0.4 is 10.9 Å². The smallest absolute Gasteiger partial charge is 0.336 e. The van der Waals surface area contributed by atoms with Crippen LogP contribution >= 0.6 is 0 Å². The highest BCUT2D eigenvalue weighted by Gasteiger charge is 2.12. The summed E-state index contributed by atoms with van der Waals surface area (Å²) in [7, 11) is 0. The third kappa shape index (κ3) is 2.53. The van der Waals surface area contributed by atoms with Gasteiger partial charge in [0.2, 0.25) is 0 Å². The molecule has 2 heterocycles. The molecule has 0 saturated heterocycles. The lowest BCUT2D eigenvalue weighted by molar-refractivity contribution is 0.466. The summed E-state index contributed by atoms with van der Waals surface area (Å²) in [6, 6.07) is 8.61. The normalized spacial score (nSPS) is 10.8. The SMILES string of the molecule is Cc1cccnc1NCc1c(O)ccc2c(C)cc(=O)oc12. The van der Waals surface area contributed by atoms with E-state index in [0.29, 0.717) is 17.7 Å². The van der Waals surface area contributed by atoms with Crippen LogP contribution in [0.4, 0.5) is 5.82 Å². The molecular formula is C17H16N2O3. The van der Waals surface area contributed by atoms with Crippen molar-refractivity contribution in [2.24, 2.45) is 0 Å². The first-order chi connectivity index (χ1) is 10.6. The molecule has 0 amide bonds. The maximum absolute atomic E-state index is 11.6. The van der Waals surface area contributed by atoms with Crippen molar-refractivity contribution in [1.29, 1.82) is 0 Å². The van der Waals surface area contributed by atoms with E-state index in [2.05, 4.69) is 10.3 Å². The van der Waals surface area contributed by atoms with E-state index in [4.69, 9.17) is 4.42 Å². The molecule has 22 heavy (non-hydrogen) atoms. The number of nitrogens with one attached hydrogen (secondary N) is 1. The minimum absolute atomic E-state index is 0.0855. The molecule has 0 unspecified atom stereocenters. The lowest BCUT2D eigenvalue weighted by Gasteiger charge is -2.11. The number of rotatable bonds is 3. The number of anilines is 1. The Kier molecular flexibility index (Phi) is 3.55. The number of hydrogen-bond acceptors (Lipinski definition) is 5. The molecule has 2 aromatic heterocycles. The van der Waals surface area contributed by atoms with Crippen molar-refractivity contribution in [3.63, 3.8) is 0 Å². The monoisotopic (exact) mass is 296 g/mol. The van der Waals surface area contributed by atoms with Gasteiger partial charge in [0.25, 0.3) is 0 Å². The summed E-state index contributed by atoms with van der Waals surface area (Å²) in [5.74, 6) is 0.816. The van der Waals surface area contributed by atoms with E-state index >= 15 is 0 Å². The standard InChI is InChI=1S/C17H16N2O3/c1-10-4-3-7-18-17(10)19-9-13-14(20)6-5-12-11(2)8-15(21)22-16(12)13/h3-8,20H,9H2,1-2H3,(H,18,19). The summed E-state index contributed by atoms with van der Waals surface area (Å²) < 4.78 is 5.30. The minimum Gasteiger partial charge on any atom is -0.507 e. The van der Waals surface area contributed by atoms with Crippen LogP contribution in [0.3, 0.4) is 0 Å². The number of aromatic nitrogens is 1. The van der Waals surface area contributed by atoms with Gasteiger partial charge in [-0.1, -0.05) is 6.07 Å². The van der Waals surface area contributed by atoms with Crippen LogP contribution in [0.25, 0.3) is 11.0 Å². The van der Waals surface area contributed by atoms with Crippen molar-refractivity contribution in [3.05, 3.63) is 63.6 Å². The predicted octanol–water partition coefficient (Wildman–Crippen LogP) is 3.12. The number of hydrogen-bond donors (Lipinski definition) is 2. The Morgan fingerprint density at radius 1 is 1.23 bits per heavy atom. The van der Waals surface area contributed by atoms with E-state index in [0.717, 1.165) is 22.3 Å². The first kappa shape index (κ1) is 14.1. The molecule has 0 aliphatic carbocycles. The highest BCUT2D eigenvalue weighted by atomic mass is 16.4. The molecule has 0 saturated carbocycles. The second-order valence-corrected chi connectivity index (χ2v) is 5.21. The first-order valence-corrected chi connectivity index (χ1v) is 6.97. The van der Waals surface area contributed by atoms with E-state index in [-0.39, 0.29) is 5.75 Å². The molecule has 0 spiro atoms. The minimum atomic E-state index is -0.425. The van der Waals surface area contributed by atoms with Gasteiger partial charge in [-0.2, -0.15) is 0 Å². The van der Waals surface area contributed by atoms with Gasteiger partial charge >= 0.3 is 5.63 Å². The van der Waals surface area contributed by atoms with Crippen molar-refractivity contribution >= 4 is 16.8 Å². The Bertz CT molecular complexity index is 900. The van der Waals surface area contributed by atoms with E-state index in [1.54, 1.807) is 18.3 Å². The summed E-state index contributed by atoms with van der Waals surface area (Å²) in [6.45, 7) is 4.10. The van der Waals surface area contributed by atoms with E-state index in [1.807, 2.05) is 26.0 Å². The molecule has 112 valence electrons. The summed E-state index contributed by atoms with van der Waals surface area (Å²) in [4.78, 5) is 15.9. The summed E-state index contributed by atoms with van der Waals surface area (Å²) in [5.41, 5.74) is 2.35. The van der Waals surface area contributed by atoms with Crippen molar-refractivity contribution in [3.8, 4) is 5.75 Å².